The molecule has 0 atom stereocenters. The number of para-hydroxylation sites is 1. The average Bonchev–Trinajstić information content (AvgIpc) is 2.45. The van der Waals surface area contributed by atoms with Crippen LogP contribution in [0.5, 0.6) is 5.75 Å². The number of hydroxylamine groups is 1. The van der Waals surface area contributed by atoms with Crippen LogP contribution in [0.3, 0.4) is 0 Å². The molecule has 0 aliphatic heterocycles. The molecule has 0 aliphatic carbocycles. The van der Waals surface area contributed by atoms with Crippen LogP contribution in [0.4, 0.5) is 0 Å². The number of unbranched alkanes of at least 4 members (excludes halogenated alkanes) is 3. The Labute approximate surface area is 127 Å². The maximum atomic E-state index is 10.8. The molecule has 0 aromatic heterocycles. The number of carbonyl (C=O) groups is 1. The summed E-state index contributed by atoms with van der Waals surface area (Å²) in [6, 6.07) is 8.17. The quantitative estimate of drug-likeness (QED) is 0.435. The average molecular weight is 293 g/mol. The highest BCUT2D eigenvalue weighted by molar-refractivity contribution is 5.74. The van der Waals surface area contributed by atoms with Gasteiger partial charge < -0.3 is 4.74 Å². The molecule has 0 unspecified atom stereocenters. The molecule has 4 nitrogen and oxygen atoms in total. The number of rotatable bonds is 8. The monoisotopic (exact) mass is 293 g/mol. The van der Waals surface area contributed by atoms with Crippen molar-refractivity contribution >= 4 is 5.91 Å². The second-order valence-electron chi connectivity index (χ2n) is 6.29. The Morgan fingerprint density at radius 1 is 1.14 bits per heavy atom. The topological polar surface area (TPSA) is 58.6 Å². The van der Waals surface area contributed by atoms with Crippen LogP contribution in [0.2, 0.25) is 0 Å². The predicted octanol–water partition coefficient (Wildman–Crippen LogP) is 3.82. The summed E-state index contributed by atoms with van der Waals surface area (Å²) < 4.78 is 5.89. The Balaban J connectivity index is 2.26. The molecule has 0 spiro atoms. The molecule has 0 saturated carbocycles. The van der Waals surface area contributed by atoms with Crippen molar-refractivity contribution in [2.45, 2.75) is 58.3 Å². The third-order valence-corrected chi connectivity index (χ3v) is 3.38. The SMILES string of the molecule is CC(C)(C)c1ccccc1OCCCCCCC(=O)NO. The lowest BCUT2D eigenvalue weighted by atomic mass is 9.86. The van der Waals surface area contributed by atoms with Crippen LogP contribution in [0.15, 0.2) is 24.3 Å². The minimum absolute atomic E-state index is 0.0776. The van der Waals surface area contributed by atoms with E-state index in [1.165, 1.54) is 5.56 Å². The number of amides is 1. The number of benzene rings is 1. The molecule has 0 fully saturated rings. The van der Waals surface area contributed by atoms with Crippen LogP contribution in [0.1, 0.15) is 58.4 Å². The van der Waals surface area contributed by atoms with Crippen molar-refractivity contribution in [2.75, 3.05) is 6.61 Å². The molecular formula is C17H27NO3. The molecule has 0 saturated heterocycles. The first-order chi connectivity index (χ1) is 9.95. The third kappa shape index (κ3) is 6.63. The van der Waals surface area contributed by atoms with Gasteiger partial charge in [-0.15, -0.1) is 0 Å². The summed E-state index contributed by atoms with van der Waals surface area (Å²) in [5.41, 5.74) is 2.95. The first-order valence-corrected chi connectivity index (χ1v) is 7.60. The molecule has 1 aromatic carbocycles. The Morgan fingerprint density at radius 2 is 1.81 bits per heavy atom. The Bertz CT molecular complexity index is 438. The molecule has 21 heavy (non-hydrogen) atoms. The van der Waals surface area contributed by atoms with Gasteiger partial charge in [0, 0.05) is 6.42 Å². The summed E-state index contributed by atoms with van der Waals surface area (Å²) in [7, 11) is 0. The maximum absolute atomic E-state index is 10.8. The van der Waals surface area contributed by atoms with Crippen molar-refractivity contribution in [1.82, 2.24) is 5.48 Å². The summed E-state index contributed by atoms with van der Waals surface area (Å²) >= 11 is 0. The minimum atomic E-state index is -0.314. The fraction of sp³-hybridized carbons (Fsp3) is 0.588. The Kier molecular flexibility index (Phi) is 7.23. The first-order valence-electron chi connectivity index (χ1n) is 7.60. The van der Waals surface area contributed by atoms with E-state index >= 15 is 0 Å². The minimum Gasteiger partial charge on any atom is -0.493 e. The maximum Gasteiger partial charge on any atom is 0.243 e. The van der Waals surface area contributed by atoms with Gasteiger partial charge in [0.25, 0.3) is 0 Å². The van der Waals surface area contributed by atoms with E-state index in [-0.39, 0.29) is 11.3 Å². The standard InChI is InChI=1S/C17H27NO3/c1-17(2,3)14-10-7-8-11-15(14)21-13-9-5-4-6-12-16(19)18-20/h7-8,10-11,20H,4-6,9,12-13H2,1-3H3,(H,18,19). The highest BCUT2D eigenvalue weighted by Crippen LogP contribution is 2.30. The van der Waals surface area contributed by atoms with Gasteiger partial charge in [-0.05, 0) is 29.9 Å². The van der Waals surface area contributed by atoms with Crippen molar-refractivity contribution in [3.05, 3.63) is 29.8 Å². The lowest BCUT2D eigenvalue weighted by molar-refractivity contribution is -0.129. The second kappa shape index (κ2) is 8.67. The summed E-state index contributed by atoms with van der Waals surface area (Å²) in [5.74, 6) is 0.648. The molecular weight excluding hydrogens is 266 g/mol. The molecule has 0 radical (unpaired) electrons. The van der Waals surface area contributed by atoms with E-state index in [2.05, 4.69) is 26.8 Å². The van der Waals surface area contributed by atoms with E-state index in [9.17, 15) is 4.79 Å². The van der Waals surface area contributed by atoms with Crippen LogP contribution < -0.4 is 10.2 Å². The molecule has 0 heterocycles. The van der Waals surface area contributed by atoms with Gasteiger partial charge in [0.15, 0.2) is 0 Å². The zero-order valence-electron chi connectivity index (χ0n) is 13.3. The summed E-state index contributed by atoms with van der Waals surface area (Å²) in [6.45, 7) is 7.24. The third-order valence-electron chi connectivity index (χ3n) is 3.38. The first kappa shape index (κ1) is 17.5. The van der Waals surface area contributed by atoms with E-state index in [0.29, 0.717) is 13.0 Å². The number of hydrogen-bond donors (Lipinski definition) is 2. The second-order valence-corrected chi connectivity index (χ2v) is 6.29. The van der Waals surface area contributed by atoms with Gasteiger partial charge in [0.2, 0.25) is 5.91 Å². The van der Waals surface area contributed by atoms with Gasteiger partial charge in [-0.1, -0.05) is 51.8 Å². The molecule has 1 amide bonds. The number of nitrogens with one attached hydrogen (secondary N) is 1. The molecule has 4 heteroatoms. The van der Waals surface area contributed by atoms with Crippen LogP contribution in [-0.2, 0) is 10.2 Å². The van der Waals surface area contributed by atoms with Gasteiger partial charge in [0.05, 0.1) is 6.61 Å². The van der Waals surface area contributed by atoms with Gasteiger partial charge in [-0.2, -0.15) is 0 Å². The van der Waals surface area contributed by atoms with Gasteiger partial charge in [-0.25, -0.2) is 5.48 Å². The molecule has 118 valence electrons. The van der Waals surface area contributed by atoms with Gasteiger partial charge in [0.1, 0.15) is 5.75 Å². The van der Waals surface area contributed by atoms with Crippen LogP contribution in [0.25, 0.3) is 0 Å². The zero-order chi connectivity index (χ0) is 15.7. The van der Waals surface area contributed by atoms with Crippen LogP contribution in [0, 0.1) is 0 Å². The van der Waals surface area contributed by atoms with Crippen molar-refractivity contribution in [3.63, 3.8) is 0 Å². The molecule has 1 aromatic rings. The van der Waals surface area contributed by atoms with Crippen molar-refractivity contribution < 1.29 is 14.7 Å². The van der Waals surface area contributed by atoms with Crippen LogP contribution in [-0.4, -0.2) is 17.7 Å². The fourth-order valence-corrected chi connectivity index (χ4v) is 2.19. The van der Waals surface area contributed by atoms with Crippen molar-refractivity contribution in [3.8, 4) is 5.75 Å². The molecule has 0 bridgehead atoms. The Hall–Kier alpha value is -1.55. The van der Waals surface area contributed by atoms with Crippen molar-refractivity contribution in [2.24, 2.45) is 0 Å². The Morgan fingerprint density at radius 3 is 2.48 bits per heavy atom. The molecule has 2 N–H and O–H groups in total. The number of ether oxygens (including phenoxy) is 1. The van der Waals surface area contributed by atoms with Crippen molar-refractivity contribution in [1.29, 1.82) is 0 Å². The zero-order valence-corrected chi connectivity index (χ0v) is 13.3. The number of carbonyl (C=O) groups excluding carboxylic acids is 1. The smallest absolute Gasteiger partial charge is 0.243 e. The summed E-state index contributed by atoms with van der Waals surface area (Å²) in [6.07, 6.45) is 4.14. The largest absolute Gasteiger partial charge is 0.493 e. The van der Waals surface area contributed by atoms with E-state index < -0.39 is 0 Å². The highest BCUT2D eigenvalue weighted by atomic mass is 16.5. The van der Waals surface area contributed by atoms with Gasteiger partial charge >= 0.3 is 0 Å². The van der Waals surface area contributed by atoms with Gasteiger partial charge in [-0.3, -0.25) is 10.0 Å². The fourth-order valence-electron chi connectivity index (χ4n) is 2.19. The lowest BCUT2D eigenvalue weighted by Crippen LogP contribution is -2.17. The number of hydrogen-bond acceptors (Lipinski definition) is 3. The van der Waals surface area contributed by atoms with E-state index in [0.717, 1.165) is 31.4 Å². The predicted molar refractivity (Wildman–Crippen MR) is 83.7 cm³/mol. The van der Waals surface area contributed by atoms with E-state index in [4.69, 9.17) is 9.94 Å². The molecule has 1 rings (SSSR count). The van der Waals surface area contributed by atoms with E-state index in [1.54, 1.807) is 5.48 Å². The summed E-state index contributed by atoms with van der Waals surface area (Å²) in [4.78, 5) is 10.8. The highest BCUT2D eigenvalue weighted by Gasteiger charge is 2.18. The van der Waals surface area contributed by atoms with E-state index in [1.807, 2.05) is 18.2 Å². The normalized spacial score (nSPS) is 11.2. The van der Waals surface area contributed by atoms with Crippen LogP contribution >= 0.6 is 0 Å². The summed E-state index contributed by atoms with van der Waals surface area (Å²) in [5, 5.41) is 8.37. The molecule has 0 aliphatic rings. The lowest BCUT2D eigenvalue weighted by Gasteiger charge is -2.22.